The third kappa shape index (κ3) is 3.68. The van der Waals surface area contributed by atoms with Gasteiger partial charge >= 0.3 is 0 Å². The molecule has 0 radical (unpaired) electrons. The van der Waals surface area contributed by atoms with Crippen molar-refractivity contribution in [1.29, 1.82) is 0 Å². The number of hydrogen-bond acceptors (Lipinski definition) is 0. The molecule has 0 amide bonds. The van der Waals surface area contributed by atoms with E-state index < -0.39 is 0 Å². The smallest absolute Gasteiger partial charge is 0.0159 e. The Morgan fingerprint density at radius 1 is 0.640 bits per heavy atom. The van der Waals surface area contributed by atoms with E-state index in [1.807, 2.05) is 0 Å². The molecular weight excluding hydrogens is 300 g/mol. The first-order valence-corrected chi connectivity index (χ1v) is 10.3. The SMILES string of the molecule is CCCCCc1ccc2c(c1)C(C)(C)c1cc(CCCCC)ccc1-2. The Labute approximate surface area is 154 Å². The lowest BCUT2D eigenvalue weighted by molar-refractivity contribution is 0.654. The summed E-state index contributed by atoms with van der Waals surface area (Å²) in [7, 11) is 0. The topological polar surface area (TPSA) is 0 Å². The lowest BCUT2D eigenvalue weighted by Gasteiger charge is -2.22. The molecule has 0 spiro atoms. The third-order valence-electron chi connectivity index (χ3n) is 5.94. The molecule has 1 aliphatic carbocycles. The third-order valence-corrected chi connectivity index (χ3v) is 5.94. The van der Waals surface area contributed by atoms with Gasteiger partial charge in [0, 0.05) is 5.41 Å². The fourth-order valence-corrected chi connectivity index (χ4v) is 4.30. The van der Waals surface area contributed by atoms with Crippen molar-refractivity contribution in [2.75, 3.05) is 0 Å². The molecule has 0 aliphatic heterocycles. The second kappa shape index (κ2) is 7.77. The van der Waals surface area contributed by atoms with Crippen molar-refractivity contribution in [2.24, 2.45) is 0 Å². The van der Waals surface area contributed by atoms with Crippen molar-refractivity contribution in [3.63, 3.8) is 0 Å². The summed E-state index contributed by atoms with van der Waals surface area (Å²) < 4.78 is 0. The zero-order valence-corrected chi connectivity index (χ0v) is 16.6. The van der Waals surface area contributed by atoms with Crippen molar-refractivity contribution >= 4 is 0 Å². The normalized spacial score (nSPS) is 14.4. The van der Waals surface area contributed by atoms with E-state index in [1.165, 1.54) is 84.7 Å². The van der Waals surface area contributed by atoms with Crippen LogP contribution in [0.4, 0.5) is 0 Å². The van der Waals surface area contributed by atoms with Crippen LogP contribution >= 0.6 is 0 Å². The molecule has 0 N–H and O–H groups in total. The largest absolute Gasteiger partial charge is 0.0654 e. The molecule has 0 fully saturated rings. The summed E-state index contributed by atoms with van der Waals surface area (Å²) in [6.07, 6.45) is 10.3. The van der Waals surface area contributed by atoms with Gasteiger partial charge in [-0.2, -0.15) is 0 Å². The summed E-state index contributed by atoms with van der Waals surface area (Å²) in [5.74, 6) is 0. The Bertz CT molecular complexity index is 659. The van der Waals surface area contributed by atoms with E-state index >= 15 is 0 Å². The molecule has 0 bridgehead atoms. The molecule has 0 unspecified atom stereocenters. The van der Waals surface area contributed by atoms with Crippen molar-refractivity contribution in [3.05, 3.63) is 58.7 Å². The summed E-state index contributed by atoms with van der Waals surface area (Å²) >= 11 is 0. The Kier molecular flexibility index (Phi) is 5.67. The second-order valence-electron chi connectivity index (χ2n) is 8.30. The molecule has 2 aromatic carbocycles. The number of rotatable bonds is 8. The molecule has 0 atom stereocenters. The first-order valence-electron chi connectivity index (χ1n) is 10.3. The molecule has 0 heterocycles. The second-order valence-corrected chi connectivity index (χ2v) is 8.30. The zero-order chi connectivity index (χ0) is 17.9. The van der Waals surface area contributed by atoms with Gasteiger partial charge in [0.05, 0.1) is 0 Å². The Morgan fingerprint density at radius 3 is 1.48 bits per heavy atom. The van der Waals surface area contributed by atoms with Gasteiger partial charge in [-0.25, -0.2) is 0 Å². The van der Waals surface area contributed by atoms with Crippen molar-refractivity contribution < 1.29 is 0 Å². The van der Waals surface area contributed by atoms with Crippen LogP contribution in [0.5, 0.6) is 0 Å². The molecule has 3 rings (SSSR count). The van der Waals surface area contributed by atoms with Crippen LogP contribution in [0.3, 0.4) is 0 Å². The lowest BCUT2D eigenvalue weighted by atomic mass is 9.81. The predicted molar refractivity (Wildman–Crippen MR) is 110 cm³/mol. The minimum atomic E-state index is 0.131. The molecule has 25 heavy (non-hydrogen) atoms. The van der Waals surface area contributed by atoms with Crippen LogP contribution in [-0.4, -0.2) is 0 Å². The molecule has 0 saturated carbocycles. The standard InChI is InChI=1S/C25H34/c1-5-7-9-11-19-13-15-21-22-16-14-20(12-10-8-6-2)18-24(22)25(3,4)23(21)17-19/h13-18H,5-12H2,1-4H3. The predicted octanol–water partition coefficient (Wildman–Crippen LogP) is 7.46. The summed E-state index contributed by atoms with van der Waals surface area (Å²) in [6.45, 7) is 9.37. The maximum absolute atomic E-state index is 2.49. The Morgan fingerprint density at radius 2 is 1.08 bits per heavy atom. The van der Waals surface area contributed by atoms with Gasteiger partial charge in [-0.05, 0) is 59.1 Å². The summed E-state index contributed by atoms with van der Waals surface area (Å²) in [5.41, 5.74) is 9.13. The van der Waals surface area contributed by atoms with E-state index in [1.54, 1.807) is 0 Å². The van der Waals surface area contributed by atoms with E-state index in [2.05, 4.69) is 64.1 Å². The highest BCUT2D eigenvalue weighted by Gasteiger charge is 2.35. The maximum atomic E-state index is 2.49. The molecule has 0 heteroatoms. The van der Waals surface area contributed by atoms with Crippen LogP contribution in [0.15, 0.2) is 36.4 Å². The Balaban J connectivity index is 1.88. The minimum Gasteiger partial charge on any atom is -0.0654 e. The fraction of sp³-hybridized carbons (Fsp3) is 0.520. The highest BCUT2D eigenvalue weighted by atomic mass is 14.4. The van der Waals surface area contributed by atoms with Crippen LogP contribution in [0.2, 0.25) is 0 Å². The monoisotopic (exact) mass is 334 g/mol. The number of fused-ring (bicyclic) bond motifs is 3. The van der Waals surface area contributed by atoms with Gasteiger partial charge in [0.2, 0.25) is 0 Å². The first kappa shape index (κ1) is 18.2. The van der Waals surface area contributed by atoms with E-state index in [-0.39, 0.29) is 5.41 Å². The van der Waals surface area contributed by atoms with Crippen LogP contribution in [0, 0.1) is 0 Å². The van der Waals surface area contributed by atoms with Crippen LogP contribution in [0.1, 0.15) is 88.5 Å². The minimum absolute atomic E-state index is 0.131. The van der Waals surface area contributed by atoms with Crippen molar-refractivity contribution in [2.45, 2.75) is 84.5 Å². The van der Waals surface area contributed by atoms with Gasteiger partial charge in [-0.1, -0.05) is 89.8 Å². The lowest BCUT2D eigenvalue weighted by Crippen LogP contribution is -2.15. The fourth-order valence-electron chi connectivity index (χ4n) is 4.30. The average molecular weight is 335 g/mol. The number of unbranched alkanes of at least 4 members (excludes halogenated alkanes) is 4. The van der Waals surface area contributed by atoms with Crippen LogP contribution in [0.25, 0.3) is 11.1 Å². The van der Waals surface area contributed by atoms with E-state index in [9.17, 15) is 0 Å². The maximum Gasteiger partial charge on any atom is 0.0159 e. The van der Waals surface area contributed by atoms with Crippen LogP contribution < -0.4 is 0 Å². The summed E-state index contributed by atoms with van der Waals surface area (Å²) in [4.78, 5) is 0. The molecule has 0 aromatic heterocycles. The van der Waals surface area contributed by atoms with Gasteiger partial charge in [0.25, 0.3) is 0 Å². The van der Waals surface area contributed by atoms with E-state index in [0.29, 0.717) is 0 Å². The molecule has 0 saturated heterocycles. The van der Waals surface area contributed by atoms with Crippen molar-refractivity contribution in [3.8, 4) is 11.1 Å². The number of benzene rings is 2. The van der Waals surface area contributed by atoms with Gasteiger partial charge < -0.3 is 0 Å². The van der Waals surface area contributed by atoms with Crippen molar-refractivity contribution in [1.82, 2.24) is 0 Å². The highest BCUT2D eigenvalue weighted by molar-refractivity contribution is 5.81. The first-order chi connectivity index (χ1) is 12.1. The van der Waals surface area contributed by atoms with Gasteiger partial charge in [0.15, 0.2) is 0 Å². The molecule has 1 aliphatic rings. The molecule has 2 aromatic rings. The van der Waals surface area contributed by atoms with Gasteiger partial charge in [-0.15, -0.1) is 0 Å². The van der Waals surface area contributed by atoms with E-state index in [0.717, 1.165) is 0 Å². The quantitative estimate of drug-likeness (QED) is 0.439. The Hall–Kier alpha value is -1.56. The van der Waals surface area contributed by atoms with Gasteiger partial charge in [-0.3, -0.25) is 0 Å². The highest BCUT2D eigenvalue weighted by Crippen LogP contribution is 2.49. The zero-order valence-electron chi connectivity index (χ0n) is 16.6. The van der Waals surface area contributed by atoms with Crippen LogP contribution in [-0.2, 0) is 18.3 Å². The van der Waals surface area contributed by atoms with E-state index in [4.69, 9.17) is 0 Å². The number of aryl methyl sites for hydroxylation is 2. The van der Waals surface area contributed by atoms with Gasteiger partial charge in [0.1, 0.15) is 0 Å². The average Bonchev–Trinajstić information content (AvgIpc) is 2.83. The molecule has 0 nitrogen and oxygen atoms in total. The molecule has 134 valence electrons. The summed E-state index contributed by atoms with van der Waals surface area (Å²) in [6, 6.07) is 14.4. The number of hydrogen-bond donors (Lipinski definition) is 0. The molecular formula is C25H34. The summed E-state index contributed by atoms with van der Waals surface area (Å²) in [5, 5.41) is 0.